The molecule has 0 atom stereocenters. The highest BCUT2D eigenvalue weighted by molar-refractivity contribution is 6.31. The molecular weight excluding hydrogens is 208 g/mol. The van der Waals surface area contributed by atoms with Crippen molar-refractivity contribution in [2.45, 2.75) is 6.92 Å². The molecule has 0 aliphatic carbocycles. The van der Waals surface area contributed by atoms with Crippen molar-refractivity contribution in [3.8, 4) is 6.07 Å². The molecule has 2 nitrogen and oxygen atoms in total. The largest absolute Gasteiger partial charge is 0.397 e. The van der Waals surface area contributed by atoms with E-state index in [9.17, 15) is 0 Å². The second-order valence-electron chi connectivity index (χ2n) is 3.46. The molecule has 0 aliphatic rings. The van der Waals surface area contributed by atoms with Crippen molar-refractivity contribution in [2.75, 3.05) is 5.73 Å². The van der Waals surface area contributed by atoms with E-state index in [2.05, 4.69) is 6.07 Å². The van der Waals surface area contributed by atoms with E-state index in [1.165, 1.54) is 0 Å². The van der Waals surface area contributed by atoms with Gasteiger partial charge in [0.2, 0.25) is 0 Å². The predicted octanol–water partition coefficient (Wildman–Crippen LogP) is 3.26. The number of nitriles is 1. The number of fused-ring (bicyclic) bond motifs is 1. The number of nitrogens with two attached hydrogens (primary N) is 1. The summed E-state index contributed by atoms with van der Waals surface area (Å²) in [6.07, 6.45) is 0. The Kier molecular flexibility index (Phi) is 2.26. The molecule has 0 spiro atoms. The van der Waals surface area contributed by atoms with Crippen molar-refractivity contribution in [1.29, 1.82) is 5.26 Å². The number of rotatable bonds is 0. The Balaban J connectivity index is 2.94. The van der Waals surface area contributed by atoms with Crippen molar-refractivity contribution < 1.29 is 0 Å². The fourth-order valence-corrected chi connectivity index (χ4v) is 1.86. The van der Waals surface area contributed by atoms with E-state index in [1.54, 1.807) is 12.1 Å². The maximum absolute atomic E-state index is 8.90. The summed E-state index contributed by atoms with van der Waals surface area (Å²) in [5.74, 6) is 0. The summed E-state index contributed by atoms with van der Waals surface area (Å²) in [5.41, 5.74) is 7.93. The van der Waals surface area contributed by atoms with Crippen LogP contribution in [0, 0.1) is 18.3 Å². The molecular formula is C12H9ClN2. The van der Waals surface area contributed by atoms with Gasteiger partial charge in [-0.15, -0.1) is 0 Å². The van der Waals surface area contributed by atoms with Gasteiger partial charge in [0.25, 0.3) is 0 Å². The van der Waals surface area contributed by atoms with Gasteiger partial charge < -0.3 is 5.73 Å². The molecule has 0 unspecified atom stereocenters. The van der Waals surface area contributed by atoms with Gasteiger partial charge in [0.1, 0.15) is 6.07 Å². The Morgan fingerprint density at radius 1 is 1.27 bits per heavy atom. The summed E-state index contributed by atoms with van der Waals surface area (Å²) >= 11 is 5.91. The van der Waals surface area contributed by atoms with Crippen LogP contribution in [0.5, 0.6) is 0 Å². The first-order valence-electron chi connectivity index (χ1n) is 4.52. The lowest BCUT2D eigenvalue weighted by atomic mass is 10.00. The van der Waals surface area contributed by atoms with Crippen molar-refractivity contribution in [1.82, 2.24) is 0 Å². The van der Waals surface area contributed by atoms with E-state index in [0.717, 1.165) is 16.3 Å². The molecule has 74 valence electrons. The zero-order chi connectivity index (χ0) is 11.0. The predicted molar refractivity (Wildman–Crippen MR) is 62.8 cm³/mol. The Morgan fingerprint density at radius 3 is 2.67 bits per heavy atom. The van der Waals surface area contributed by atoms with Crippen molar-refractivity contribution in [3.63, 3.8) is 0 Å². The van der Waals surface area contributed by atoms with Crippen LogP contribution in [0.2, 0.25) is 5.02 Å². The molecule has 15 heavy (non-hydrogen) atoms. The van der Waals surface area contributed by atoms with Gasteiger partial charge in [-0.2, -0.15) is 5.26 Å². The Morgan fingerprint density at radius 2 is 2.00 bits per heavy atom. The maximum atomic E-state index is 8.90. The molecule has 2 aromatic carbocycles. The van der Waals surface area contributed by atoms with Crippen LogP contribution in [0.1, 0.15) is 11.1 Å². The van der Waals surface area contributed by atoms with Crippen LogP contribution in [0.4, 0.5) is 5.69 Å². The molecule has 2 N–H and O–H groups in total. The van der Waals surface area contributed by atoms with Crippen LogP contribution in [-0.4, -0.2) is 0 Å². The van der Waals surface area contributed by atoms with Gasteiger partial charge in [0.05, 0.1) is 11.3 Å². The lowest BCUT2D eigenvalue weighted by molar-refractivity contribution is 1.46. The number of benzene rings is 2. The number of nitrogen functional groups attached to an aromatic ring is 1. The van der Waals surface area contributed by atoms with Crippen molar-refractivity contribution in [2.24, 2.45) is 0 Å². The molecule has 0 heterocycles. The second kappa shape index (κ2) is 3.45. The number of hydrogen-bond donors (Lipinski definition) is 1. The topological polar surface area (TPSA) is 49.8 Å². The quantitative estimate of drug-likeness (QED) is 0.688. The molecule has 0 radical (unpaired) electrons. The van der Waals surface area contributed by atoms with Gasteiger partial charge in [0.15, 0.2) is 0 Å². The number of halogens is 1. The summed E-state index contributed by atoms with van der Waals surface area (Å²) < 4.78 is 0. The van der Waals surface area contributed by atoms with E-state index in [4.69, 9.17) is 22.6 Å². The first-order valence-corrected chi connectivity index (χ1v) is 4.89. The lowest BCUT2D eigenvalue weighted by Gasteiger charge is -2.07. The Hall–Kier alpha value is -1.72. The molecule has 0 bridgehead atoms. The van der Waals surface area contributed by atoms with Crippen molar-refractivity contribution in [3.05, 3.63) is 40.4 Å². The summed E-state index contributed by atoms with van der Waals surface area (Å²) in [4.78, 5) is 0. The highest BCUT2D eigenvalue weighted by Gasteiger charge is 2.07. The summed E-state index contributed by atoms with van der Waals surface area (Å²) in [6, 6.07) is 9.36. The lowest BCUT2D eigenvalue weighted by Crippen LogP contribution is -1.94. The highest BCUT2D eigenvalue weighted by Crippen LogP contribution is 2.29. The van der Waals surface area contributed by atoms with E-state index >= 15 is 0 Å². The average molecular weight is 217 g/mol. The fourth-order valence-electron chi connectivity index (χ4n) is 1.69. The minimum atomic E-state index is 0.516. The smallest absolute Gasteiger partial charge is 0.101 e. The Bertz CT molecular complexity index is 582. The highest BCUT2D eigenvalue weighted by atomic mass is 35.5. The van der Waals surface area contributed by atoms with Gasteiger partial charge in [-0.25, -0.2) is 0 Å². The molecule has 0 saturated heterocycles. The van der Waals surface area contributed by atoms with Gasteiger partial charge in [0, 0.05) is 10.4 Å². The van der Waals surface area contributed by atoms with E-state index in [0.29, 0.717) is 16.3 Å². The summed E-state index contributed by atoms with van der Waals surface area (Å²) in [6.45, 7) is 1.94. The van der Waals surface area contributed by atoms with E-state index in [1.807, 2.05) is 19.1 Å². The van der Waals surface area contributed by atoms with Crippen LogP contribution >= 0.6 is 11.6 Å². The van der Waals surface area contributed by atoms with Crippen LogP contribution in [0.25, 0.3) is 10.8 Å². The zero-order valence-corrected chi connectivity index (χ0v) is 8.97. The third-order valence-electron chi connectivity index (χ3n) is 2.47. The molecule has 0 saturated carbocycles. The molecule has 2 aromatic rings. The summed E-state index contributed by atoms with van der Waals surface area (Å²) in [5, 5.41) is 11.5. The van der Waals surface area contributed by atoms with E-state index in [-0.39, 0.29) is 0 Å². The minimum Gasteiger partial charge on any atom is -0.397 e. The number of nitrogens with zero attached hydrogens (tertiary/aromatic N) is 1. The number of anilines is 1. The normalized spacial score (nSPS) is 10.2. The molecule has 0 aromatic heterocycles. The second-order valence-corrected chi connectivity index (χ2v) is 3.89. The third kappa shape index (κ3) is 1.51. The molecule has 0 amide bonds. The molecule has 0 aliphatic heterocycles. The van der Waals surface area contributed by atoms with Crippen LogP contribution in [0.3, 0.4) is 0 Å². The standard InChI is InChI=1S/C12H9ClN2/c1-7-4-8(6-14)12(15)10-3-2-9(13)5-11(7)10/h2-5H,15H2,1H3. The van der Waals surface area contributed by atoms with Gasteiger partial charge in [-0.1, -0.05) is 17.7 Å². The van der Waals surface area contributed by atoms with Gasteiger partial charge in [-0.3, -0.25) is 0 Å². The minimum absolute atomic E-state index is 0.516. The molecule has 0 fully saturated rings. The van der Waals surface area contributed by atoms with Crippen molar-refractivity contribution >= 4 is 28.1 Å². The van der Waals surface area contributed by atoms with Gasteiger partial charge >= 0.3 is 0 Å². The van der Waals surface area contributed by atoms with Gasteiger partial charge in [-0.05, 0) is 36.1 Å². The SMILES string of the molecule is Cc1cc(C#N)c(N)c2ccc(Cl)cc12. The average Bonchev–Trinajstić information content (AvgIpc) is 2.23. The Labute approximate surface area is 92.9 Å². The van der Waals surface area contributed by atoms with Crippen LogP contribution in [-0.2, 0) is 0 Å². The third-order valence-corrected chi connectivity index (χ3v) is 2.70. The molecule has 2 rings (SSSR count). The maximum Gasteiger partial charge on any atom is 0.101 e. The van der Waals surface area contributed by atoms with Crippen LogP contribution < -0.4 is 5.73 Å². The first kappa shape index (κ1) is 9.82. The fraction of sp³-hybridized carbons (Fsp3) is 0.0833. The molecule has 3 heteroatoms. The summed E-state index contributed by atoms with van der Waals surface area (Å²) in [7, 11) is 0. The number of hydrogen-bond acceptors (Lipinski definition) is 2. The monoisotopic (exact) mass is 216 g/mol. The van der Waals surface area contributed by atoms with Crippen LogP contribution in [0.15, 0.2) is 24.3 Å². The first-order chi connectivity index (χ1) is 7.13. The van der Waals surface area contributed by atoms with E-state index < -0.39 is 0 Å². The number of aryl methyl sites for hydroxylation is 1. The zero-order valence-electron chi connectivity index (χ0n) is 8.21.